The summed E-state index contributed by atoms with van der Waals surface area (Å²) in [5.41, 5.74) is 10.6. The van der Waals surface area contributed by atoms with Crippen LogP contribution in [0.4, 0.5) is 16.2 Å². The van der Waals surface area contributed by atoms with Crippen molar-refractivity contribution in [2.75, 3.05) is 30.8 Å². The van der Waals surface area contributed by atoms with Crippen LogP contribution in [0.5, 0.6) is 0 Å². The van der Waals surface area contributed by atoms with Crippen molar-refractivity contribution < 1.29 is 19.1 Å². The second-order valence-electron chi connectivity index (χ2n) is 10.3. The first-order chi connectivity index (χ1) is 19.0. The van der Waals surface area contributed by atoms with Crippen LogP contribution < -0.4 is 21.7 Å². The van der Waals surface area contributed by atoms with Gasteiger partial charge in [-0.2, -0.15) is 0 Å². The van der Waals surface area contributed by atoms with Crippen molar-refractivity contribution in [3.63, 3.8) is 0 Å². The highest BCUT2D eigenvalue weighted by molar-refractivity contribution is 6.05. The summed E-state index contributed by atoms with van der Waals surface area (Å²) in [5, 5.41) is 9.28. The van der Waals surface area contributed by atoms with Crippen LogP contribution in [0, 0.1) is 5.92 Å². The molecule has 2 aliphatic rings. The van der Waals surface area contributed by atoms with E-state index in [9.17, 15) is 9.59 Å². The van der Waals surface area contributed by atoms with Gasteiger partial charge in [0.15, 0.2) is 0 Å². The molecular weight excluding hydrogens is 492 g/mol. The van der Waals surface area contributed by atoms with Gasteiger partial charge in [0.2, 0.25) is 0 Å². The Morgan fingerprint density at radius 1 is 0.923 bits per heavy atom. The number of benzene rings is 3. The van der Waals surface area contributed by atoms with E-state index in [0.717, 1.165) is 49.6 Å². The Balaban J connectivity index is 1.00. The minimum Gasteiger partial charge on any atom is -0.445 e. The van der Waals surface area contributed by atoms with Crippen LogP contribution in [0.2, 0.25) is 0 Å². The van der Waals surface area contributed by atoms with Gasteiger partial charge in [-0.3, -0.25) is 4.79 Å². The highest BCUT2D eigenvalue weighted by Crippen LogP contribution is 2.41. The third kappa shape index (κ3) is 7.59. The molecule has 1 saturated heterocycles. The first-order valence-corrected chi connectivity index (χ1v) is 13.6. The average Bonchev–Trinajstić information content (AvgIpc) is 3.76. The fourth-order valence-electron chi connectivity index (χ4n) is 4.87. The molecule has 0 bridgehead atoms. The third-order valence-corrected chi connectivity index (χ3v) is 7.44. The summed E-state index contributed by atoms with van der Waals surface area (Å²) in [6.07, 6.45) is 3.00. The zero-order chi connectivity index (χ0) is 27.0. The molecule has 5 N–H and O–H groups in total. The van der Waals surface area contributed by atoms with Gasteiger partial charge in [-0.05, 0) is 72.7 Å². The van der Waals surface area contributed by atoms with E-state index in [1.165, 1.54) is 12.0 Å². The number of nitrogens with one attached hydrogen (secondary N) is 3. The van der Waals surface area contributed by atoms with Crippen LogP contribution in [0.3, 0.4) is 0 Å². The normalized spacial score (nSPS) is 18.8. The van der Waals surface area contributed by atoms with Gasteiger partial charge in [-0.25, -0.2) is 4.79 Å². The minimum atomic E-state index is -0.486. The lowest BCUT2D eigenvalue weighted by molar-refractivity contribution is 0.0662. The number of hydrogen-bond donors (Lipinski definition) is 4. The molecule has 0 aromatic heterocycles. The molecule has 1 saturated carbocycles. The standard InChI is InChI=1S/C31H36N4O4/c32-27-3-1-2-4-28(27)35-30(36)25-11-5-21(6-12-25)19-34-31(37)39-20-23-7-9-24(10-8-23)26-17-29(26)33-18-22-13-15-38-16-14-22/h1-12,22,26,29,33H,13-20,32H2,(H,34,37)(H,35,36)/t26-,29+/m1/s1. The molecule has 0 spiro atoms. The lowest BCUT2D eigenvalue weighted by atomic mass is 10.0. The number of alkyl carbamates (subject to hydrolysis) is 1. The van der Waals surface area contributed by atoms with E-state index in [-0.39, 0.29) is 12.5 Å². The monoisotopic (exact) mass is 528 g/mol. The average molecular weight is 529 g/mol. The number of nitrogens with two attached hydrogens (primary N) is 1. The second kappa shape index (κ2) is 12.8. The summed E-state index contributed by atoms with van der Waals surface area (Å²) in [7, 11) is 0. The molecule has 39 heavy (non-hydrogen) atoms. The van der Waals surface area contributed by atoms with Crippen LogP contribution >= 0.6 is 0 Å². The van der Waals surface area contributed by atoms with E-state index in [1.807, 2.05) is 24.3 Å². The van der Waals surface area contributed by atoms with Gasteiger partial charge in [0, 0.05) is 37.3 Å². The van der Waals surface area contributed by atoms with E-state index in [4.69, 9.17) is 15.2 Å². The molecule has 0 radical (unpaired) electrons. The van der Waals surface area contributed by atoms with Crippen molar-refractivity contribution in [2.45, 2.75) is 44.4 Å². The van der Waals surface area contributed by atoms with Crippen LogP contribution in [0.25, 0.3) is 0 Å². The number of para-hydroxylation sites is 2. The fourth-order valence-corrected chi connectivity index (χ4v) is 4.87. The molecule has 1 aliphatic heterocycles. The van der Waals surface area contributed by atoms with Crippen LogP contribution in [0.1, 0.15) is 52.2 Å². The molecule has 5 rings (SSSR count). The highest BCUT2D eigenvalue weighted by Gasteiger charge is 2.38. The molecule has 1 heterocycles. The van der Waals surface area contributed by atoms with Gasteiger partial charge in [0.1, 0.15) is 6.61 Å². The highest BCUT2D eigenvalue weighted by atomic mass is 16.5. The van der Waals surface area contributed by atoms with E-state index in [1.54, 1.807) is 36.4 Å². The van der Waals surface area contributed by atoms with Crippen molar-refractivity contribution in [3.8, 4) is 0 Å². The molecule has 8 nitrogen and oxygen atoms in total. The van der Waals surface area contributed by atoms with Gasteiger partial charge in [0.05, 0.1) is 11.4 Å². The maximum atomic E-state index is 12.5. The summed E-state index contributed by atoms with van der Waals surface area (Å²) in [6.45, 7) is 3.37. The summed E-state index contributed by atoms with van der Waals surface area (Å²) < 4.78 is 10.8. The summed E-state index contributed by atoms with van der Waals surface area (Å²) in [6, 6.07) is 23.0. The Bertz CT molecular complexity index is 1260. The van der Waals surface area contributed by atoms with Gasteiger partial charge >= 0.3 is 6.09 Å². The molecule has 2 amide bonds. The zero-order valence-corrected chi connectivity index (χ0v) is 22.0. The molecule has 8 heteroatoms. The van der Waals surface area contributed by atoms with Crippen molar-refractivity contribution in [1.82, 2.24) is 10.6 Å². The van der Waals surface area contributed by atoms with Crippen LogP contribution in [0.15, 0.2) is 72.8 Å². The molecule has 204 valence electrons. The Hall–Kier alpha value is -3.88. The Labute approximate surface area is 229 Å². The first-order valence-electron chi connectivity index (χ1n) is 13.6. The lowest BCUT2D eigenvalue weighted by Crippen LogP contribution is -2.29. The van der Waals surface area contributed by atoms with E-state index in [2.05, 4.69) is 28.1 Å². The van der Waals surface area contributed by atoms with Gasteiger partial charge in [-0.1, -0.05) is 48.5 Å². The smallest absolute Gasteiger partial charge is 0.407 e. The Morgan fingerprint density at radius 2 is 1.64 bits per heavy atom. The number of anilines is 2. The van der Waals surface area contributed by atoms with Gasteiger partial charge in [-0.15, -0.1) is 0 Å². The summed E-state index contributed by atoms with van der Waals surface area (Å²) in [5.74, 6) is 1.05. The lowest BCUT2D eigenvalue weighted by Gasteiger charge is -2.22. The number of ether oxygens (including phenoxy) is 2. The largest absolute Gasteiger partial charge is 0.445 e. The zero-order valence-electron chi connectivity index (χ0n) is 22.0. The third-order valence-electron chi connectivity index (χ3n) is 7.44. The number of carbonyl (C=O) groups is 2. The Kier molecular flexibility index (Phi) is 8.75. The number of carbonyl (C=O) groups excluding carboxylic acids is 2. The number of rotatable bonds is 10. The van der Waals surface area contributed by atoms with Gasteiger partial charge in [0.25, 0.3) is 5.91 Å². The molecule has 0 unspecified atom stereocenters. The SMILES string of the molecule is Nc1ccccc1NC(=O)c1ccc(CNC(=O)OCc2ccc([C@H]3C[C@@H]3NCC3CCOCC3)cc2)cc1. The maximum Gasteiger partial charge on any atom is 0.407 e. The molecule has 1 aliphatic carbocycles. The number of hydrogen-bond acceptors (Lipinski definition) is 6. The Morgan fingerprint density at radius 3 is 2.38 bits per heavy atom. The molecular formula is C31H36N4O4. The summed E-state index contributed by atoms with van der Waals surface area (Å²) in [4.78, 5) is 24.7. The molecule has 2 fully saturated rings. The van der Waals surface area contributed by atoms with E-state index >= 15 is 0 Å². The van der Waals surface area contributed by atoms with Crippen LogP contribution in [-0.4, -0.2) is 37.8 Å². The molecule has 2 atom stereocenters. The fraction of sp³-hybridized carbons (Fsp3) is 0.355. The number of amides is 2. The van der Waals surface area contributed by atoms with Crippen molar-refractivity contribution >= 4 is 23.4 Å². The number of nitrogen functional groups attached to an aromatic ring is 1. The van der Waals surface area contributed by atoms with Crippen molar-refractivity contribution in [1.29, 1.82) is 0 Å². The van der Waals surface area contributed by atoms with E-state index in [0.29, 0.717) is 35.4 Å². The van der Waals surface area contributed by atoms with Crippen molar-refractivity contribution in [3.05, 3.63) is 95.1 Å². The summed E-state index contributed by atoms with van der Waals surface area (Å²) >= 11 is 0. The van der Waals surface area contributed by atoms with Crippen molar-refractivity contribution in [2.24, 2.45) is 5.92 Å². The predicted molar refractivity (Wildman–Crippen MR) is 151 cm³/mol. The molecule has 3 aromatic carbocycles. The maximum absolute atomic E-state index is 12.5. The first kappa shape index (κ1) is 26.7. The predicted octanol–water partition coefficient (Wildman–Crippen LogP) is 4.82. The topological polar surface area (TPSA) is 115 Å². The second-order valence-corrected chi connectivity index (χ2v) is 10.3. The van der Waals surface area contributed by atoms with E-state index < -0.39 is 6.09 Å². The minimum absolute atomic E-state index is 0.212. The van der Waals surface area contributed by atoms with Crippen LogP contribution in [-0.2, 0) is 22.6 Å². The molecule has 3 aromatic rings. The van der Waals surface area contributed by atoms with Gasteiger partial charge < -0.3 is 31.2 Å². The quantitative estimate of drug-likeness (QED) is 0.281.